The van der Waals surface area contributed by atoms with E-state index in [1.807, 2.05) is 72.1 Å². The van der Waals surface area contributed by atoms with Gasteiger partial charge in [0.1, 0.15) is 26.7 Å². The third-order valence-corrected chi connectivity index (χ3v) is 16.2. The van der Waals surface area contributed by atoms with Crippen molar-refractivity contribution >= 4 is 75.3 Å². The van der Waals surface area contributed by atoms with Crippen LogP contribution in [0.2, 0.25) is 0 Å². The Hall–Kier alpha value is -3.42. The molecule has 0 bridgehead atoms. The topological polar surface area (TPSA) is 215 Å². The van der Waals surface area contributed by atoms with E-state index in [0.29, 0.717) is 18.4 Å². The normalized spacial score (nSPS) is 16.8. The Balaban J connectivity index is 0.000000169. The second-order valence-corrected chi connectivity index (χ2v) is 22.3. The van der Waals surface area contributed by atoms with E-state index in [-0.39, 0.29) is 141 Å². The molecule has 13 rings (SSSR count). The van der Waals surface area contributed by atoms with Gasteiger partial charge in [-0.1, -0.05) is 18.2 Å². The molecule has 0 unspecified atom stereocenters. The van der Waals surface area contributed by atoms with E-state index in [2.05, 4.69) is 121 Å². The fraction of sp³-hybridized carbons (Fsp3) is 0.453. The van der Waals surface area contributed by atoms with Crippen molar-refractivity contribution in [2.45, 2.75) is 116 Å². The van der Waals surface area contributed by atoms with Crippen LogP contribution in [-0.2, 0) is 82.9 Å². The summed E-state index contributed by atoms with van der Waals surface area (Å²) in [4.78, 5) is 48.3. The first kappa shape index (κ1) is 60.7. The molecule has 9 heterocycles. The molecule has 0 spiro atoms. The molecule has 25 heteroatoms. The monoisotopic (exact) mass is 1220 g/mol. The van der Waals surface area contributed by atoms with Gasteiger partial charge in [0.2, 0.25) is 11.8 Å². The van der Waals surface area contributed by atoms with Crippen LogP contribution in [-0.4, -0.2) is 118 Å². The molecule has 78 heavy (non-hydrogen) atoms. The second-order valence-electron chi connectivity index (χ2n) is 21.2. The van der Waals surface area contributed by atoms with Gasteiger partial charge in [0, 0.05) is 120 Å². The number of carbonyl (C=O) groups excluding carboxylic acids is 3. The Bertz CT molecular complexity index is 3510. The molecule has 0 atom stereocenters. The van der Waals surface area contributed by atoms with E-state index < -0.39 is 0 Å². The molecule has 8 aromatic rings. The summed E-state index contributed by atoms with van der Waals surface area (Å²) in [5.41, 5.74) is 10.7. The van der Waals surface area contributed by atoms with Crippen molar-refractivity contribution in [3.05, 3.63) is 87.9 Å². The number of rotatable bonds is 7. The van der Waals surface area contributed by atoms with E-state index in [1.165, 1.54) is 43.0 Å². The Morgan fingerprint density at radius 1 is 0.692 bits per heavy atom. The fourth-order valence-corrected chi connectivity index (χ4v) is 10.9. The SMILES string of the molecule is CC(=O)N1CCn2c(C3CC3)nc(-c3ccc4c(c3)c(-c3cnn(C)c3)nn4C)c2C1.CC(=O)N1CCn2c(C3CC3)nc(I)c2C1.Cn1cc(-c2nn(C)c3ccc(B4OC(C)(C)C(C)(C)O4)cc23)cn1.O=CO[O-].[H-].[K+].[K+]. The van der Waals surface area contributed by atoms with Gasteiger partial charge in [-0.05, 0) is 99.6 Å². The van der Waals surface area contributed by atoms with Gasteiger partial charge in [0.15, 0.2) is 0 Å². The minimum atomic E-state index is -0.378. The molecule has 400 valence electrons. The van der Waals surface area contributed by atoms with E-state index in [1.54, 1.807) is 23.2 Å². The Kier molecular flexibility index (Phi) is 19.1. The van der Waals surface area contributed by atoms with Gasteiger partial charge < -0.3 is 39.8 Å². The summed E-state index contributed by atoms with van der Waals surface area (Å²) in [6, 6.07) is 12.7. The molecule has 3 aliphatic heterocycles. The maximum absolute atomic E-state index is 12.1. The second kappa shape index (κ2) is 24.6. The van der Waals surface area contributed by atoms with Crippen molar-refractivity contribution in [1.82, 2.24) is 68.0 Å². The van der Waals surface area contributed by atoms with Gasteiger partial charge in [0.25, 0.3) is 6.47 Å². The minimum Gasteiger partial charge on any atom is -1.00 e. The maximum atomic E-state index is 12.1. The molecule has 2 aliphatic carbocycles. The molecule has 0 radical (unpaired) electrons. The van der Waals surface area contributed by atoms with Crippen molar-refractivity contribution in [1.29, 1.82) is 0 Å². The molecule has 1 saturated heterocycles. The fourth-order valence-electron chi connectivity index (χ4n) is 10.2. The predicted octanol–water partition coefficient (Wildman–Crippen LogP) is -0.368. The molecule has 2 amide bonds. The van der Waals surface area contributed by atoms with Gasteiger partial charge in [-0.2, -0.15) is 20.4 Å². The number of aromatic nitrogens is 12. The number of amides is 2. The first-order valence-corrected chi connectivity index (χ1v) is 26.7. The quantitative estimate of drug-likeness (QED) is 0.0656. The van der Waals surface area contributed by atoms with Gasteiger partial charge in [-0.3, -0.25) is 33.1 Å². The van der Waals surface area contributed by atoms with Crippen molar-refractivity contribution in [2.24, 2.45) is 28.2 Å². The summed E-state index contributed by atoms with van der Waals surface area (Å²) >= 11 is 2.29. The zero-order chi connectivity index (χ0) is 54.0. The molecule has 21 nitrogen and oxygen atoms in total. The molecule has 5 aliphatic rings. The van der Waals surface area contributed by atoms with Crippen molar-refractivity contribution < 1.29 is 138 Å². The summed E-state index contributed by atoms with van der Waals surface area (Å²) in [5, 5.41) is 28.6. The van der Waals surface area contributed by atoms with E-state index in [9.17, 15) is 9.59 Å². The van der Waals surface area contributed by atoms with E-state index >= 15 is 0 Å². The smallest absolute Gasteiger partial charge is 1.00 e. The number of hydrogen-bond donors (Lipinski definition) is 0. The average molecular weight is 1230 g/mol. The van der Waals surface area contributed by atoms with Crippen LogP contribution in [0, 0.1) is 3.70 Å². The van der Waals surface area contributed by atoms with E-state index in [0.717, 1.165) is 103 Å². The van der Waals surface area contributed by atoms with Crippen molar-refractivity contribution in [2.75, 3.05) is 13.1 Å². The van der Waals surface area contributed by atoms with Crippen LogP contribution in [0.1, 0.15) is 104 Å². The molecule has 6 aromatic heterocycles. The molecule has 0 N–H and O–H groups in total. The number of benzene rings is 2. The first-order chi connectivity index (χ1) is 36.2. The molecule has 2 aromatic carbocycles. The zero-order valence-electron chi connectivity index (χ0n) is 47.7. The number of nitrogens with zero attached hydrogens (tertiary/aromatic N) is 14. The maximum Gasteiger partial charge on any atom is 1.00 e. The van der Waals surface area contributed by atoms with Gasteiger partial charge in [0.05, 0.1) is 64.8 Å². The van der Waals surface area contributed by atoms with Crippen molar-refractivity contribution in [3.63, 3.8) is 0 Å². The third kappa shape index (κ3) is 12.5. The molecular formula is C53H64BIK2N14O7. The Morgan fingerprint density at radius 2 is 1.15 bits per heavy atom. The first-order valence-electron chi connectivity index (χ1n) is 25.6. The Morgan fingerprint density at radius 3 is 1.62 bits per heavy atom. The van der Waals surface area contributed by atoms with Crippen LogP contribution in [0.25, 0.3) is 55.6 Å². The number of hydrogen-bond acceptors (Lipinski definition) is 13. The number of aryl methyl sites for hydroxylation is 4. The van der Waals surface area contributed by atoms with Crippen LogP contribution in [0.15, 0.2) is 61.2 Å². The summed E-state index contributed by atoms with van der Waals surface area (Å²) in [7, 11) is 7.37. The summed E-state index contributed by atoms with van der Waals surface area (Å²) in [6.07, 6.45) is 12.6. The van der Waals surface area contributed by atoms with Crippen LogP contribution in [0.4, 0.5) is 0 Å². The number of imidazole rings is 2. The van der Waals surface area contributed by atoms with Gasteiger partial charge in [-0.15, -0.1) is 0 Å². The van der Waals surface area contributed by atoms with Crippen LogP contribution < -0.4 is 113 Å². The minimum absolute atomic E-state index is 0. The van der Waals surface area contributed by atoms with E-state index in [4.69, 9.17) is 29.4 Å². The molecule has 3 fully saturated rings. The van der Waals surface area contributed by atoms with Crippen LogP contribution >= 0.6 is 22.6 Å². The van der Waals surface area contributed by atoms with Gasteiger partial charge in [-0.25, -0.2) is 9.97 Å². The summed E-state index contributed by atoms with van der Waals surface area (Å²) in [6.45, 7) is 16.0. The summed E-state index contributed by atoms with van der Waals surface area (Å²) in [5.74, 6) is 3.97. The third-order valence-electron chi connectivity index (χ3n) is 15.3. The van der Waals surface area contributed by atoms with Crippen LogP contribution in [0.5, 0.6) is 0 Å². The standard InChI is InChI=1S/C23H25N7O.C18H23BN4O2.C11H14IN3O.CH2O3.2K.H/c1-14(31)29-8-9-30-20(13-29)22(25-23(30)15-4-5-15)16-6-7-19-18(10-16)21(26-28(19)3)17-11-24-27(2)12-17;1-17(2)18(3,4)25-19(24-17)13-7-8-15-14(9-13)16(21-23(15)6)12-10-20-22(5)11-12;1-7(16)14-4-5-15-9(6-14)10(12)13-11(15)8-2-3-8;2-1-4-3;;;/h6-7,10-12,15H,4-5,8-9,13H2,1-3H3;7-11H,1-6H3;8H,2-6H2,1H3;1,3H;;;/q;;;;2*+1;-1/p-1. The number of halogens is 1. The number of carbonyl (C=O) groups is 3. The number of fused-ring (bicyclic) bond motifs is 4. The van der Waals surface area contributed by atoms with Crippen molar-refractivity contribution in [3.8, 4) is 33.8 Å². The van der Waals surface area contributed by atoms with Crippen LogP contribution in [0.3, 0.4) is 0 Å². The molecular weight excluding hydrogens is 1160 g/mol. The summed E-state index contributed by atoms with van der Waals surface area (Å²) < 4.78 is 25.5. The van der Waals surface area contributed by atoms with Gasteiger partial charge >= 0.3 is 110 Å². The zero-order valence-corrected chi connectivity index (χ0v) is 55.1. The Labute approximate surface area is 553 Å². The molecule has 2 saturated carbocycles. The predicted molar refractivity (Wildman–Crippen MR) is 292 cm³/mol. The largest absolute Gasteiger partial charge is 1.00 e. The average Bonchev–Trinajstić information content (AvgIpc) is 4.29.